The van der Waals surface area contributed by atoms with Crippen molar-refractivity contribution in [3.63, 3.8) is 0 Å². The maximum Gasteiger partial charge on any atom is 0.300 e. The van der Waals surface area contributed by atoms with Gasteiger partial charge < -0.3 is 9.84 Å². The summed E-state index contributed by atoms with van der Waals surface area (Å²) >= 11 is 12.4. The maximum absolute atomic E-state index is 13.3. The van der Waals surface area contributed by atoms with E-state index in [0.717, 1.165) is 11.1 Å². The third kappa shape index (κ3) is 4.22. The lowest BCUT2D eigenvalue weighted by atomic mass is 9.93. The van der Waals surface area contributed by atoms with E-state index in [4.69, 9.17) is 27.9 Å². The zero-order chi connectivity index (χ0) is 23.9. The van der Waals surface area contributed by atoms with Crippen LogP contribution in [0.1, 0.15) is 28.3 Å². The number of aliphatic hydroxyl groups is 1. The number of aryl methyl sites for hydroxylation is 2. The van der Waals surface area contributed by atoms with Gasteiger partial charge in [-0.1, -0.05) is 64.7 Å². The summed E-state index contributed by atoms with van der Waals surface area (Å²) in [5, 5.41) is 12.0. The minimum absolute atomic E-state index is 0.0365. The summed E-state index contributed by atoms with van der Waals surface area (Å²) in [6.45, 7) is 3.77. The molecule has 0 radical (unpaired) electrons. The fourth-order valence-electron chi connectivity index (χ4n) is 4.08. The molecule has 1 unspecified atom stereocenters. The van der Waals surface area contributed by atoms with Crippen LogP contribution in [0.5, 0.6) is 5.75 Å². The van der Waals surface area contributed by atoms with Crippen molar-refractivity contribution < 1.29 is 19.4 Å². The second-order valence-corrected chi connectivity index (χ2v) is 8.79. The number of methoxy groups -OCH3 is 1. The quantitative estimate of drug-likeness (QED) is 0.271. The van der Waals surface area contributed by atoms with Gasteiger partial charge >= 0.3 is 0 Å². The molecule has 33 heavy (non-hydrogen) atoms. The van der Waals surface area contributed by atoms with Gasteiger partial charge in [-0.25, -0.2) is 0 Å². The van der Waals surface area contributed by atoms with E-state index in [0.29, 0.717) is 32.6 Å². The molecule has 3 aromatic carbocycles. The Kier molecular flexibility index (Phi) is 6.19. The van der Waals surface area contributed by atoms with Crippen LogP contribution in [-0.2, 0) is 9.59 Å². The molecule has 1 aliphatic rings. The number of nitrogens with zero attached hydrogens (tertiary/aromatic N) is 1. The van der Waals surface area contributed by atoms with E-state index < -0.39 is 17.7 Å². The Bertz CT molecular complexity index is 1300. The van der Waals surface area contributed by atoms with Crippen molar-refractivity contribution in [2.24, 2.45) is 0 Å². The number of hydrogen-bond acceptors (Lipinski definition) is 4. The molecule has 3 aromatic rings. The molecule has 1 atom stereocenters. The summed E-state index contributed by atoms with van der Waals surface area (Å²) in [4.78, 5) is 27.9. The van der Waals surface area contributed by atoms with Crippen molar-refractivity contribution in [1.29, 1.82) is 0 Å². The van der Waals surface area contributed by atoms with Gasteiger partial charge in [0.2, 0.25) is 0 Å². The fourth-order valence-corrected chi connectivity index (χ4v) is 4.60. The minimum Gasteiger partial charge on any atom is -0.507 e. The van der Waals surface area contributed by atoms with Crippen LogP contribution in [0.2, 0.25) is 10.0 Å². The molecule has 4 rings (SSSR count). The number of ketones is 1. The predicted octanol–water partition coefficient (Wildman–Crippen LogP) is 6.25. The van der Waals surface area contributed by atoms with Gasteiger partial charge in [0, 0.05) is 15.7 Å². The van der Waals surface area contributed by atoms with E-state index in [-0.39, 0.29) is 11.3 Å². The molecule has 0 spiro atoms. The Morgan fingerprint density at radius 3 is 2.24 bits per heavy atom. The Labute approximate surface area is 201 Å². The summed E-state index contributed by atoms with van der Waals surface area (Å²) < 4.78 is 5.41. The van der Waals surface area contributed by atoms with Crippen molar-refractivity contribution >= 4 is 46.3 Å². The highest BCUT2D eigenvalue weighted by molar-refractivity contribution is 6.52. The second-order valence-electron chi connectivity index (χ2n) is 7.91. The van der Waals surface area contributed by atoms with Gasteiger partial charge in [0.1, 0.15) is 11.5 Å². The van der Waals surface area contributed by atoms with Crippen molar-refractivity contribution in [1.82, 2.24) is 0 Å². The maximum atomic E-state index is 13.3. The smallest absolute Gasteiger partial charge is 0.300 e. The zero-order valence-corrected chi connectivity index (χ0v) is 19.7. The number of aliphatic hydroxyl groups excluding tert-OH is 1. The van der Waals surface area contributed by atoms with Crippen LogP contribution >= 0.6 is 23.2 Å². The summed E-state index contributed by atoms with van der Waals surface area (Å²) in [7, 11) is 1.48. The van der Waals surface area contributed by atoms with Crippen LogP contribution in [0.3, 0.4) is 0 Å². The van der Waals surface area contributed by atoms with Crippen molar-refractivity contribution in [3.8, 4) is 5.75 Å². The minimum atomic E-state index is -0.885. The Balaban J connectivity index is 2.02. The van der Waals surface area contributed by atoms with Gasteiger partial charge in [0.05, 0.1) is 24.3 Å². The van der Waals surface area contributed by atoms with Gasteiger partial charge in [0.25, 0.3) is 11.7 Å². The number of hydrogen-bond donors (Lipinski definition) is 1. The highest BCUT2D eigenvalue weighted by atomic mass is 35.5. The van der Waals surface area contributed by atoms with Gasteiger partial charge in [-0.05, 0) is 49.7 Å². The van der Waals surface area contributed by atoms with E-state index in [1.165, 1.54) is 12.0 Å². The number of anilines is 1. The average molecular weight is 482 g/mol. The SMILES string of the molecule is COc1ccc(C)cc1/C(O)=C1\C(=O)C(=O)N(c2cc(Cl)cc(Cl)c2)C1c1cccc(C)c1. The lowest BCUT2D eigenvalue weighted by Crippen LogP contribution is -2.29. The second kappa shape index (κ2) is 8.93. The van der Waals surface area contributed by atoms with Crippen molar-refractivity contribution in [3.05, 3.63) is 98.5 Å². The Hall–Kier alpha value is -3.28. The molecule has 0 aliphatic carbocycles. The molecule has 1 saturated heterocycles. The molecular formula is C26H21Cl2NO4. The van der Waals surface area contributed by atoms with Crippen molar-refractivity contribution in [2.45, 2.75) is 19.9 Å². The molecule has 1 N–H and O–H groups in total. The molecule has 168 valence electrons. The zero-order valence-electron chi connectivity index (χ0n) is 18.2. The molecule has 0 saturated carbocycles. The summed E-state index contributed by atoms with van der Waals surface area (Å²) in [6, 6.07) is 16.5. The van der Waals surface area contributed by atoms with Crippen LogP contribution < -0.4 is 9.64 Å². The molecule has 1 amide bonds. The molecule has 1 aliphatic heterocycles. The standard InChI is InChI=1S/C26H21Cl2NO4/c1-14-5-4-6-16(9-14)23-22(24(30)20-10-15(2)7-8-21(20)33-3)25(31)26(32)29(23)19-12-17(27)11-18(28)13-19/h4-13,23,30H,1-3H3/b24-22+. The third-order valence-corrected chi connectivity index (χ3v) is 5.97. The first-order valence-electron chi connectivity index (χ1n) is 10.2. The van der Waals surface area contributed by atoms with Gasteiger partial charge in [-0.2, -0.15) is 0 Å². The van der Waals surface area contributed by atoms with E-state index in [1.54, 1.807) is 30.3 Å². The highest BCUT2D eigenvalue weighted by Gasteiger charge is 2.47. The van der Waals surface area contributed by atoms with Crippen LogP contribution in [0, 0.1) is 13.8 Å². The molecule has 0 bridgehead atoms. The Morgan fingerprint density at radius 2 is 1.61 bits per heavy atom. The lowest BCUT2D eigenvalue weighted by molar-refractivity contribution is -0.132. The summed E-state index contributed by atoms with van der Waals surface area (Å²) in [5.41, 5.74) is 3.12. The molecule has 7 heteroatoms. The van der Waals surface area contributed by atoms with E-state index in [1.807, 2.05) is 44.2 Å². The van der Waals surface area contributed by atoms with Crippen LogP contribution in [0.25, 0.3) is 5.76 Å². The van der Waals surface area contributed by atoms with Crippen LogP contribution in [0.15, 0.2) is 66.2 Å². The van der Waals surface area contributed by atoms with E-state index in [2.05, 4.69) is 0 Å². The number of amides is 1. The highest BCUT2D eigenvalue weighted by Crippen LogP contribution is 2.44. The number of halogens is 2. The normalized spacial score (nSPS) is 17.5. The van der Waals surface area contributed by atoms with Crippen LogP contribution in [0.4, 0.5) is 5.69 Å². The molecule has 1 fully saturated rings. The largest absolute Gasteiger partial charge is 0.507 e. The van der Waals surface area contributed by atoms with Crippen molar-refractivity contribution in [2.75, 3.05) is 12.0 Å². The van der Waals surface area contributed by atoms with Crippen LogP contribution in [-0.4, -0.2) is 23.9 Å². The topological polar surface area (TPSA) is 66.8 Å². The monoisotopic (exact) mass is 481 g/mol. The van der Waals surface area contributed by atoms with E-state index in [9.17, 15) is 14.7 Å². The molecular weight excluding hydrogens is 461 g/mol. The molecule has 5 nitrogen and oxygen atoms in total. The average Bonchev–Trinajstić information content (AvgIpc) is 3.03. The number of rotatable bonds is 4. The number of ether oxygens (including phenoxy) is 1. The molecule has 0 aromatic heterocycles. The van der Waals surface area contributed by atoms with Gasteiger partial charge in [-0.3, -0.25) is 14.5 Å². The first-order valence-corrected chi connectivity index (χ1v) is 11.0. The van der Waals surface area contributed by atoms with E-state index >= 15 is 0 Å². The fraction of sp³-hybridized carbons (Fsp3) is 0.154. The first kappa shape index (κ1) is 22.9. The Morgan fingerprint density at radius 1 is 0.939 bits per heavy atom. The number of Topliss-reactive ketones (excluding diaryl/α,β-unsaturated/α-hetero) is 1. The first-order chi connectivity index (χ1) is 15.7. The van der Waals surface area contributed by atoms with Gasteiger partial charge in [-0.15, -0.1) is 0 Å². The number of carbonyl (C=O) groups excluding carboxylic acids is 2. The molecule has 1 heterocycles. The lowest BCUT2D eigenvalue weighted by Gasteiger charge is -2.26. The summed E-state index contributed by atoms with van der Waals surface area (Å²) in [6.07, 6.45) is 0. The number of benzene rings is 3. The van der Waals surface area contributed by atoms with Gasteiger partial charge in [0.15, 0.2) is 0 Å². The third-order valence-electron chi connectivity index (χ3n) is 5.54. The summed E-state index contributed by atoms with van der Waals surface area (Å²) in [5.74, 6) is -1.51. The number of carbonyl (C=O) groups is 2. The predicted molar refractivity (Wildman–Crippen MR) is 130 cm³/mol.